The number of hydrazone groups is 1. The fourth-order valence-electron chi connectivity index (χ4n) is 4.95. The number of amides is 4. The van der Waals surface area contributed by atoms with Gasteiger partial charge in [-0.05, 0) is 50.1 Å². The number of nitrogens with two attached hydrogens (primary N) is 1. The zero-order chi connectivity index (χ0) is 29.1. The number of fused-ring (bicyclic) bond motifs is 1. The summed E-state index contributed by atoms with van der Waals surface area (Å²) in [7, 11) is 1.61. The zero-order valence-corrected chi connectivity index (χ0v) is 23.3. The standard InChI is InChI=1S/C28H32ClN5O6/c1-27(2,40-26(30)38)24(36)31-21(16-39-20-11-9-19(29)10-12-20)23(35)34-14-13-22-28(17-34,25(37)33(3)32-22)15-18-7-5-4-6-8-18/h4-12,21H,13-17H2,1-3H3,(H2,30,38)(H,31,36)/t21-,28-/m1/s1. The van der Waals surface area contributed by atoms with Crippen molar-refractivity contribution in [3.63, 3.8) is 0 Å². The fourth-order valence-corrected chi connectivity index (χ4v) is 5.08. The molecule has 0 radical (unpaired) electrons. The van der Waals surface area contributed by atoms with Crippen molar-refractivity contribution in [1.82, 2.24) is 15.2 Å². The maximum atomic E-state index is 13.9. The second kappa shape index (κ2) is 11.5. The van der Waals surface area contributed by atoms with Crippen molar-refractivity contribution >= 4 is 41.1 Å². The van der Waals surface area contributed by atoms with Crippen molar-refractivity contribution in [1.29, 1.82) is 0 Å². The molecule has 0 aliphatic carbocycles. The van der Waals surface area contributed by atoms with E-state index in [4.69, 9.17) is 26.8 Å². The minimum Gasteiger partial charge on any atom is -0.491 e. The Bertz CT molecular complexity index is 1320. The highest BCUT2D eigenvalue weighted by atomic mass is 35.5. The Morgan fingerprint density at radius 3 is 2.48 bits per heavy atom. The summed E-state index contributed by atoms with van der Waals surface area (Å²) in [5, 5.41) is 8.98. The summed E-state index contributed by atoms with van der Waals surface area (Å²) >= 11 is 5.96. The number of benzene rings is 2. The van der Waals surface area contributed by atoms with Crippen LogP contribution in [0.1, 0.15) is 25.8 Å². The number of rotatable bonds is 9. The molecule has 1 saturated heterocycles. The minimum atomic E-state index is -1.65. The van der Waals surface area contributed by atoms with E-state index < -0.39 is 35.0 Å². The van der Waals surface area contributed by atoms with Crippen LogP contribution in [0.3, 0.4) is 0 Å². The number of primary amides is 1. The van der Waals surface area contributed by atoms with Crippen LogP contribution in [0, 0.1) is 5.41 Å². The molecule has 2 aromatic carbocycles. The van der Waals surface area contributed by atoms with Crippen LogP contribution in [0.25, 0.3) is 0 Å². The summed E-state index contributed by atoms with van der Waals surface area (Å²) in [5.74, 6) is -0.950. The molecule has 2 aliphatic heterocycles. The normalized spacial score (nSPS) is 19.4. The molecular weight excluding hydrogens is 538 g/mol. The molecule has 4 rings (SSSR count). The van der Waals surface area contributed by atoms with Crippen LogP contribution in [-0.4, -0.2) is 77.8 Å². The summed E-state index contributed by atoms with van der Waals surface area (Å²) in [6.45, 7) is 2.87. The Morgan fingerprint density at radius 1 is 1.15 bits per heavy atom. The second-order valence-electron chi connectivity index (χ2n) is 10.4. The van der Waals surface area contributed by atoms with Gasteiger partial charge in [-0.25, -0.2) is 9.80 Å². The SMILES string of the molecule is CN1N=C2CCN(C(=O)[C@@H](COc3ccc(Cl)cc3)NC(=O)C(C)(C)OC(N)=O)C[C@@]2(Cc2ccccc2)C1=O. The van der Waals surface area contributed by atoms with Gasteiger partial charge >= 0.3 is 6.09 Å². The minimum absolute atomic E-state index is 0.0806. The van der Waals surface area contributed by atoms with Crippen molar-refractivity contribution in [3.8, 4) is 5.75 Å². The van der Waals surface area contributed by atoms with E-state index in [9.17, 15) is 19.2 Å². The molecule has 11 nitrogen and oxygen atoms in total. The highest BCUT2D eigenvalue weighted by Crippen LogP contribution is 2.38. The number of carbonyl (C=O) groups is 4. The molecule has 212 valence electrons. The summed E-state index contributed by atoms with van der Waals surface area (Å²) in [6.07, 6.45) is -0.365. The van der Waals surface area contributed by atoms with Crippen molar-refractivity contribution in [2.24, 2.45) is 16.3 Å². The summed E-state index contributed by atoms with van der Waals surface area (Å²) in [5.41, 5.74) is 4.12. The van der Waals surface area contributed by atoms with Crippen LogP contribution in [0.2, 0.25) is 5.02 Å². The van der Waals surface area contributed by atoms with Gasteiger partial charge in [-0.15, -0.1) is 0 Å². The third kappa shape index (κ3) is 6.20. The summed E-state index contributed by atoms with van der Waals surface area (Å²) in [4.78, 5) is 53.4. The predicted octanol–water partition coefficient (Wildman–Crippen LogP) is 2.37. The van der Waals surface area contributed by atoms with Gasteiger partial charge in [0.05, 0.1) is 5.71 Å². The number of piperidine rings is 1. The quantitative estimate of drug-likeness (QED) is 0.474. The Hall–Kier alpha value is -4.12. The van der Waals surface area contributed by atoms with Crippen molar-refractivity contribution in [2.75, 3.05) is 26.7 Å². The average molecular weight is 570 g/mol. The van der Waals surface area contributed by atoms with Gasteiger partial charge in [-0.1, -0.05) is 41.9 Å². The first kappa shape index (κ1) is 28.9. The Labute approximate surface area is 237 Å². The maximum Gasteiger partial charge on any atom is 0.405 e. The molecule has 0 aromatic heterocycles. The Kier molecular flexibility index (Phi) is 8.34. The largest absolute Gasteiger partial charge is 0.491 e. The van der Waals surface area contributed by atoms with Gasteiger partial charge in [0.25, 0.3) is 11.8 Å². The number of ether oxygens (including phenoxy) is 2. The summed E-state index contributed by atoms with van der Waals surface area (Å²) < 4.78 is 10.8. The van der Waals surface area contributed by atoms with E-state index in [2.05, 4.69) is 10.4 Å². The average Bonchev–Trinajstić information content (AvgIpc) is 3.15. The molecule has 0 saturated carbocycles. The van der Waals surface area contributed by atoms with Crippen LogP contribution >= 0.6 is 11.6 Å². The Morgan fingerprint density at radius 2 is 1.82 bits per heavy atom. The van der Waals surface area contributed by atoms with E-state index in [1.807, 2.05) is 30.3 Å². The van der Waals surface area contributed by atoms with Crippen LogP contribution < -0.4 is 15.8 Å². The lowest BCUT2D eigenvalue weighted by Crippen LogP contribution is -2.61. The molecular formula is C28H32ClN5O6. The monoisotopic (exact) mass is 569 g/mol. The maximum absolute atomic E-state index is 13.9. The van der Waals surface area contributed by atoms with E-state index in [0.717, 1.165) is 11.3 Å². The molecule has 2 atom stereocenters. The zero-order valence-electron chi connectivity index (χ0n) is 22.6. The van der Waals surface area contributed by atoms with Crippen LogP contribution in [-0.2, 0) is 25.5 Å². The van der Waals surface area contributed by atoms with Crippen LogP contribution in [0.5, 0.6) is 5.75 Å². The molecule has 2 aromatic rings. The lowest BCUT2D eigenvalue weighted by Gasteiger charge is -2.40. The van der Waals surface area contributed by atoms with Gasteiger partial charge in [-0.3, -0.25) is 14.4 Å². The number of nitrogens with zero attached hydrogens (tertiary/aromatic N) is 3. The predicted molar refractivity (Wildman–Crippen MR) is 148 cm³/mol. The van der Waals surface area contributed by atoms with Crippen molar-refractivity contribution in [3.05, 3.63) is 65.2 Å². The molecule has 0 spiro atoms. The molecule has 12 heteroatoms. The molecule has 4 amide bonds. The molecule has 0 bridgehead atoms. The third-order valence-electron chi connectivity index (χ3n) is 7.00. The van der Waals surface area contributed by atoms with E-state index in [-0.39, 0.29) is 19.1 Å². The molecule has 2 aliphatic rings. The van der Waals surface area contributed by atoms with Gasteiger partial charge in [-0.2, -0.15) is 5.10 Å². The number of carbonyl (C=O) groups excluding carboxylic acids is 4. The van der Waals surface area contributed by atoms with Crippen molar-refractivity contribution < 1.29 is 28.7 Å². The van der Waals surface area contributed by atoms with E-state index in [1.165, 1.54) is 18.9 Å². The topological polar surface area (TPSA) is 144 Å². The lowest BCUT2D eigenvalue weighted by atomic mass is 9.73. The smallest absolute Gasteiger partial charge is 0.405 e. The van der Waals surface area contributed by atoms with E-state index in [0.29, 0.717) is 30.2 Å². The summed E-state index contributed by atoms with van der Waals surface area (Å²) in [6, 6.07) is 14.9. The molecule has 1 fully saturated rings. The van der Waals surface area contributed by atoms with Crippen LogP contribution in [0.15, 0.2) is 59.7 Å². The van der Waals surface area contributed by atoms with Gasteiger partial charge in [0.1, 0.15) is 23.8 Å². The molecule has 0 unspecified atom stereocenters. The first-order valence-electron chi connectivity index (χ1n) is 12.8. The Balaban J connectivity index is 1.59. The number of hydrogen-bond donors (Lipinski definition) is 2. The van der Waals surface area contributed by atoms with E-state index >= 15 is 0 Å². The second-order valence-corrected chi connectivity index (χ2v) is 10.8. The number of hydrogen-bond acceptors (Lipinski definition) is 7. The highest BCUT2D eigenvalue weighted by Gasteiger charge is 2.54. The van der Waals surface area contributed by atoms with E-state index in [1.54, 1.807) is 36.2 Å². The van der Waals surface area contributed by atoms with Crippen LogP contribution in [0.4, 0.5) is 4.79 Å². The molecule has 2 heterocycles. The van der Waals surface area contributed by atoms with Crippen molar-refractivity contribution in [2.45, 2.75) is 38.3 Å². The number of nitrogens with one attached hydrogen (secondary N) is 1. The third-order valence-corrected chi connectivity index (χ3v) is 7.25. The fraction of sp³-hybridized carbons (Fsp3) is 0.393. The first-order chi connectivity index (χ1) is 18.9. The van der Waals surface area contributed by atoms with Gasteiger partial charge < -0.3 is 25.4 Å². The van der Waals surface area contributed by atoms with Gasteiger partial charge in [0, 0.05) is 31.6 Å². The van der Waals surface area contributed by atoms with Gasteiger partial charge in [0.2, 0.25) is 5.91 Å². The highest BCUT2D eigenvalue weighted by molar-refractivity contribution is 6.30. The number of halogens is 1. The molecule has 3 N–H and O–H groups in total. The molecule has 40 heavy (non-hydrogen) atoms. The first-order valence-corrected chi connectivity index (χ1v) is 13.2. The lowest BCUT2D eigenvalue weighted by molar-refractivity contribution is -0.145. The van der Waals surface area contributed by atoms with Gasteiger partial charge in [0.15, 0.2) is 5.60 Å². The number of likely N-dealkylation sites (tertiary alicyclic amines) is 1.